The predicted octanol–water partition coefficient (Wildman–Crippen LogP) is 7.56. The second kappa shape index (κ2) is 13.4. The van der Waals surface area contributed by atoms with Crippen LogP contribution in [0.3, 0.4) is 0 Å². The number of halogens is 4. The summed E-state index contributed by atoms with van der Waals surface area (Å²) in [5, 5.41) is 8.52. The number of ether oxygens (including phenoxy) is 1. The number of hydrogen-bond acceptors (Lipinski definition) is 6. The van der Waals surface area contributed by atoms with Crippen LogP contribution in [-0.2, 0) is 27.5 Å². The normalized spacial score (nSPS) is 12.5. The fourth-order valence-corrected chi connectivity index (χ4v) is 5.91. The second-order valence-corrected chi connectivity index (χ2v) is 14.6. The first kappa shape index (κ1) is 36.1. The molecule has 4 aromatic rings. The maximum atomic E-state index is 15.4. The topological polar surface area (TPSA) is 131 Å². The van der Waals surface area contributed by atoms with E-state index in [1.807, 2.05) is 0 Å². The summed E-state index contributed by atoms with van der Waals surface area (Å²) in [7, 11) is -4.03. The molecule has 48 heavy (non-hydrogen) atoms. The molecule has 0 bridgehead atoms. The molecule has 1 heterocycles. The number of carbonyl (C=O) groups is 2. The molecule has 3 N–H and O–H groups in total. The Labute approximate surface area is 275 Å². The summed E-state index contributed by atoms with van der Waals surface area (Å²) < 4.78 is 88.5. The zero-order chi connectivity index (χ0) is 35.7. The van der Waals surface area contributed by atoms with Crippen molar-refractivity contribution in [2.75, 3.05) is 5.32 Å². The minimum Gasteiger partial charge on any atom is -0.444 e. The molecule has 0 unspecified atom stereocenters. The van der Waals surface area contributed by atoms with Gasteiger partial charge in [0.25, 0.3) is 0 Å². The maximum Gasteiger partial charge on any atom is 0.435 e. The van der Waals surface area contributed by atoms with Crippen LogP contribution in [0.15, 0.2) is 77.8 Å². The number of sulfonamides is 1. The summed E-state index contributed by atoms with van der Waals surface area (Å²) in [5.74, 6) is -0.861. The molecule has 4 rings (SSSR count). The van der Waals surface area contributed by atoms with Gasteiger partial charge in [0.1, 0.15) is 11.4 Å². The Balaban J connectivity index is 1.69. The molecule has 10 nitrogen and oxygen atoms in total. The molecule has 2 amide bonds. The van der Waals surface area contributed by atoms with Crippen LogP contribution in [0.4, 0.5) is 32.8 Å². The van der Waals surface area contributed by atoms with E-state index in [1.54, 1.807) is 77.9 Å². The van der Waals surface area contributed by atoms with E-state index < -0.39 is 51.0 Å². The van der Waals surface area contributed by atoms with E-state index in [-0.39, 0.29) is 28.3 Å². The number of hydrogen-bond donors (Lipinski definition) is 3. The van der Waals surface area contributed by atoms with Gasteiger partial charge in [0, 0.05) is 29.4 Å². The summed E-state index contributed by atoms with van der Waals surface area (Å²) in [6.45, 7) is 10.3. The van der Waals surface area contributed by atoms with Gasteiger partial charge in [0.15, 0.2) is 5.69 Å². The molecular weight excluding hydrogens is 654 g/mol. The highest BCUT2D eigenvalue weighted by molar-refractivity contribution is 7.89. The number of anilines is 1. The first-order chi connectivity index (χ1) is 22.1. The van der Waals surface area contributed by atoms with Crippen molar-refractivity contribution in [2.45, 2.75) is 70.3 Å². The number of alkyl halides is 3. The molecule has 1 aromatic heterocycles. The van der Waals surface area contributed by atoms with Crippen molar-refractivity contribution >= 4 is 27.8 Å². The summed E-state index contributed by atoms with van der Waals surface area (Å²) in [5.41, 5.74) is -0.660. The van der Waals surface area contributed by atoms with Gasteiger partial charge in [-0.1, -0.05) is 42.5 Å². The van der Waals surface area contributed by atoms with Crippen molar-refractivity contribution in [3.8, 4) is 22.3 Å². The molecule has 0 atom stereocenters. The van der Waals surface area contributed by atoms with Gasteiger partial charge in [0.2, 0.25) is 10.0 Å². The van der Waals surface area contributed by atoms with E-state index in [2.05, 4.69) is 20.5 Å². The molecule has 3 aromatic carbocycles. The van der Waals surface area contributed by atoms with Crippen molar-refractivity contribution < 1.29 is 40.3 Å². The summed E-state index contributed by atoms with van der Waals surface area (Å²) in [6.07, 6.45) is -4.50. The third kappa shape index (κ3) is 9.41. The van der Waals surface area contributed by atoms with Gasteiger partial charge < -0.3 is 15.4 Å². The Morgan fingerprint density at radius 3 is 2.04 bits per heavy atom. The molecule has 0 radical (unpaired) electrons. The first-order valence-corrected chi connectivity index (χ1v) is 16.1. The zero-order valence-corrected chi connectivity index (χ0v) is 27.8. The van der Waals surface area contributed by atoms with E-state index in [0.717, 1.165) is 17.8 Å². The maximum absolute atomic E-state index is 15.4. The zero-order valence-electron chi connectivity index (χ0n) is 27.0. The van der Waals surface area contributed by atoms with Crippen LogP contribution in [0.5, 0.6) is 0 Å². The van der Waals surface area contributed by atoms with Crippen molar-refractivity contribution in [3.05, 3.63) is 90.0 Å². The van der Waals surface area contributed by atoms with Crippen LogP contribution in [-0.4, -0.2) is 41.5 Å². The Bertz CT molecular complexity index is 1930. The van der Waals surface area contributed by atoms with E-state index in [9.17, 15) is 31.2 Å². The van der Waals surface area contributed by atoms with Crippen LogP contribution in [0, 0.1) is 5.82 Å². The minimum atomic E-state index is -4.77. The molecule has 0 fully saturated rings. The Hall–Kier alpha value is -4.76. The standard InChI is InChI=1S/C33H35F4N5O5S/c1-31(2,3)41-48(45,46)23-12-14-24(26(34)18-23)22-11-13-25(21-9-7-20(8-10-21)19-38-30(44)47-32(4,5)6)27(17-22)39-29(43)42-16-15-28(40-42)33(35,36)37/h7-18,41H,19H2,1-6H3,(H,38,44)(H,39,43). The number of amides is 2. The fraction of sp³-hybridized carbons (Fsp3) is 0.303. The van der Waals surface area contributed by atoms with Crippen molar-refractivity contribution in [1.82, 2.24) is 19.8 Å². The number of nitrogens with one attached hydrogen (secondary N) is 3. The van der Waals surface area contributed by atoms with Crippen LogP contribution in [0.1, 0.15) is 52.8 Å². The molecule has 256 valence electrons. The van der Waals surface area contributed by atoms with Gasteiger partial charge in [-0.25, -0.2) is 27.1 Å². The van der Waals surface area contributed by atoms with Crippen molar-refractivity contribution in [2.24, 2.45) is 0 Å². The highest BCUT2D eigenvalue weighted by atomic mass is 32.2. The van der Waals surface area contributed by atoms with Crippen molar-refractivity contribution in [1.29, 1.82) is 0 Å². The van der Waals surface area contributed by atoms with Gasteiger partial charge >= 0.3 is 18.3 Å². The molecule has 0 saturated heterocycles. The average molecular weight is 690 g/mol. The monoisotopic (exact) mass is 689 g/mol. The van der Waals surface area contributed by atoms with E-state index >= 15 is 4.39 Å². The average Bonchev–Trinajstić information content (AvgIpc) is 3.46. The number of aromatic nitrogens is 2. The summed E-state index contributed by atoms with van der Waals surface area (Å²) in [6, 6.07) is 14.4. The number of rotatable bonds is 7. The largest absolute Gasteiger partial charge is 0.444 e. The van der Waals surface area contributed by atoms with E-state index in [0.29, 0.717) is 21.9 Å². The molecule has 0 aliphatic rings. The molecule has 0 aliphatic heterocycles. The lowest BCUT2D eigenvalue weighted by Crippen LogP contribution is -2.40. The molecule has 0 saturated carbocycles. The highest BCUT2D eigenvalue weighted by Gasteiger charge is 2.34. The molecule has 0 aliphatic carbocycles. The third-order valence-corrected chi connectivity index (χ3v) is 8.21. The fourth-order valence-electron chi connectivity index (χ4n) is 4.48. The van der Waals surface area contributed by atoms with Gasteiger partial charge in [-0.3, -0.25) is 0 Å². The van der Waals surface area contributed by atoms with Gasteiger partial charge in [0.05, 0.1) is 10.6 Å². The summed E-state index contributed by atoms with van der Waals surface area (Å²) in [4.78, 5) is 24.8. The van der Waals surface area contributed by atoms with Crippen molar-refractivity contribution in [3.63, 3.8) is 0 Å². The second-order valence-electron chi connectivity index (χ2n) is 12.9. The number of alkyl carbamates (subject to hydrolysis) is 1. The van der Waals surface area contributed by atoms with Crippen LogP contribution in [0.2, 0.25) is 0 Å². The Morgan fingerprint density at radius 2 is 1.48 bits per heavy atom. The number of carbonyl (C=O) groups excluding carboxylic acids is 2. The van der Waals surface area contributed by atoms with Crippen LogP contribution < -0.4 is 15.4 Å². The minimum absolute atomic E-state index is 0.00812. The Morgan fingerprint density at radius 1 is 0.854 bits per heavy atom. The molecule has 0 spiro atoms. The van der Waals surface area contributed by atoms with Crippen LogP contribution >= 0.6 is 0 Å². The van der Waals surface area contributed by atoms with Crippen LogP contribution in [0.25, 0.3) is 22.3 Å². The SMILES string of the molecule is CC(C)(C)NS(=O)(=O)c1ccc(-c2ccc(-c3ccc(CNC(=O)OC(C)(C)C)cc3)c(NC(=O)n3ccc(C(F)(F)F)n3)c2)c(F)c1. The smallest absolute Gasteiger partial charge is 0.435 e. The van der Waals surface area contributed by atoms with E-state index in [4.69, 9.17) is 4.74 Å². The van der Waals surface area contributed by atoms with Gasteiger partial charge in [-0.05, 0) is 82.5 Å². The van der Waals surface area contributed by atoms with Gasteiger partial charge in [-0.2, -0.15) is 23.0 Å². The summed E-state index contributed by atoms with van der Waals surface area (Å²) >= 11 is 0. The van der Waals surface area contributed by atoms with E-state index in [1.165, 1.54) is 18.2 Å². The Kier molecular flexibility index (Phi) is 10.1. The highest BCUT2D eigenvalue weighted by Crippen LogP contribution is 2.35. The molecular formula is C33H35F4N5O5S. The quantitative estimate of drug-likeness (QED) is 0.172. The number of nitrogens with zero attached hydrogens (tertiary/aromatic N) is 2. The first-order valence-electron chi connectivity index (χ1n) is 14.6. The third-order valence-electron chi connectivity index (χ3n) is 6.45. The lowest BCUT2D eigenvalue weighted by molar-refractivity contribution is -0.141. The lowest BCUT2D eigenvalue weighted by atomic mass is 9.97. The predicted molar refractivity (Wildman–Crippen MR) is 172 cm³/mol. The molecule has 15 heteroatoms. The lowest BCUT2D eigenvalue weighted by Gasteiger charge is -2.20. The number of benzene rings is 3. The van der Waals surface area contributed by atoms with Gasteiger partial charge in [-0.15, -0.1) is 0 Å².